The van der Waals surface area contributed by atoms with E-state index in [4.69, 9.17) is 25.6 Å². The zero-order valence-corrected chi connectivity index (χ0v) is 22.2. The molecule has 0 aliphatic carbocycles. The Morgan fingerprint density at radius 3 is 2.90 bits per heavy atom. The number of aryl methyl sites for hydroxylation is 1. The van der Waals surface area contributed by atoms with Crippen molar-refractivity contribution in [1.82, 2.24) is 19.9 Å². The molecule has 0 spiro atoms. The number of allylic oxidation sites excluding steroid dienone is 1. The number of fused-ring (bicyclic) bond motifs is 1. The summed E-state index contributed by atoms with van der Waals surface area (Å²) in [6.45, 7) is 6.93. The molecule has 0 saturated heterocycles. The van der Waals surface area contributed by atoms with Gasteiger partial charge in [0.2, 0.25) is 5.88 Å². The van der Waals surface area contributed by atoms with Gasteiger partial charge in [-0.1, -0.05) is 18.7 Å². The highest BCUT2D eigenvalue weighted by Crippen LogP contribution is 2.36. The summed E-state index contributed by atoms with van der Waals surface area (Å²) in [5, 5.41) is 10.5. The molecule has 1 aliphatic rings. The molecule has 0 radical (unpaired) electrons. The van der Waals surface area contributed by atoms with E-state index in [1.807, 2.05) is 30.5 Å². The number of hydrogen-bond donors (Lipinski definition) is 2. The number of ketones is 1. The number of rotatable bonds is 9. The van der Waals surface area contributed by atoms with E-state index in [0.717, 1.165) is 28.4 Å². The Labute approximate surface area is 229 Å². The number of pyridine rings is 1. The van der Waals surface area contributed by atoms with Gasteiger partial charge in [0.05, 0.1) is 22.2 Å². The maximum atomic E-state index is 12.2. The molecule has 5 rings (SSSR count). The summed E-state index contributed by atoms with van der Waals surface area (Å²) in [6.07, 6.45) is 7.35. The number of nitrogens with one attached hydrogen (secondary N) is 1. The van der Waals surface area contributed by atoms with Crippen LogP contribution in [0, 0.1) is 12.3 Å². The molecular formula is C28H27N7O3S. The lowest BCUT2D eigenvalue weighted by Gasteiger charge is -2.24. The van der Waals surface area contributed by atoms with E-state index in [0.29, 0.717) is 54.3 Å². The number of benzene rings is 1. The fourth-order valence-electron chi connectivity index (χ4n) is 4.36. The van der Waals surface area contributed by atoms with Crippen LogP contribution in [0.3, 0.4) is 0 Å². The van der Waals surface area contributed by atoms with E-state index < -0.39 is 0 Å². The van der Waals surface area contributed by atoms with Gasteiger partial charge in [0.1, 0.15) is 23.7 Å². The van der Waals surface area contributed by atoms with Crippen LogP contribution >= 0.6 is 11.3 Å². The van der Waals surface area contributed by atoms with Crippen molar-refractivity contribution in [3.63, 3.8) is 0 Å². The molecule has 1 aliphatic heterocycles. The van der Waals surface area contributed by atoms with Gasteiger partial charge in [0.15, 0.2) is 5.78 Å². The second kappa shape index (κ2) is 11.4. The van der Waals surface area contributed by atoms with Crippen molar-refractivity contribution in [3.8, 4) is 17.6 Å². The Morgan fingerprint density at radius 1 is 1.26 bits per heavy atom. The molecular weight excluding hydrogens is 514 g/mol. The van der Waals surface area contributed by atoms with Gasteiger partial charge in [-0.3, -0.25) is 4.79 Å². The number of anilines is 2. The van der Waals surface area contributed by atoms with Crippen LogP contribution in [-0.2, 0) is 11.4 Å². The zero-order chi connectivity index (χ0) is 27.4. The van der Waals surface area contributed by atoms with Crippen LogP contribution < -0.4 is 20.1 Å². The molecule has 3 N–H and O–H groups in total. The molecule has 3 aromatic heterocycles. The summed E-state index contributed by atoms with van der Waals surface area (Å²) in [5.74, 6) is 1.26. The molecule has 39 heavy (non-hydrogen) atoms. The van der Waals surface area contributed by atoms with Crippen LogP contribution in [0.4, 0.5) is 11.5 Å². The minimum absolute atomic E-state index is 0.0592. The first-order valence-electron chi connectivity index (χ1n) is 12.3. The Hall–Kier alpha value is -4.64. The van der Waals surface area contributed by atoms with E-state index >= 15 is 0 Å². The lowest BCUT2D eigenvalue weighted by atomic mass is 10.1. The summed E-state index contributed by atoms with van der Waals surface area (Å²) in [7, 11) is 0. The SMILES string of the molecule is C=CC(=O)C1=CCCN(c2nc(OCc3cscn3)nc3c(Oc4c(C)ccc(N)c4C=N)nccc23)CC1. The van der Waals surface area contributed by atoms with E-state index in [9.17, 15) is 4.79 Å². The van der Waals surface area contributed by atoms with Crippen LogP contribution in [0.5, 0.6) is 17.6 Å². The quantitative estimate of drug-likeness (QED) is 0.170. The lowest BCUT2D eigenvalue weighted by molar-refractivity contribution is -0.111. The van der Waals surface area contributed by atoms with E-state index in [1.165, 1.54) is 17.4 Å². The highest BCUT2D eigenvalue weighted by molar-refractivity contribution is 7.07. The third kappa shape index (κ3) is 5.48. The maximum Gasteiger partial charge on any atom is 0.319 e. The van der Waals surface area contributed by atoms with Crippen LogP contribution in [-0.4, -0.2) is 45.0 Å². The lowest BCUT2D eigenvalue weighted by Crippen LogP contribution is -2.26. The first-order valence-corrected chi connectivity index (χ1v) is 13.3. The summed E-state index contributed by atoms with van der Waals surface area (Å²) < 4.78 is 12.2. The Bertz CT molecular complexity index is 1580. The van der Waals surface area contributed by atoms with Gasteiger partial charge in [0.25, 0.3) is 0 Å². The number of nitrogens with zero attached hydrogens (tertiary/aromatic N) is 5. The normalized spacial score (nSPS) is 13.5. The third-order valence-corrected chi connectivity index (χ3v) is 7.02. The highest BCUT2D eigenvalue weighted by atomic mass is 32.1. The van der Waals surface area contributed by atoms with Gasteiger partial charge in [-0.05, 0) is 49.1 Å². The van der Waals surface area contributed by atoms with Gasteiger partial charge < -0.3 is 25.5 Å². The predicted molar refractivity (Wildman–Crippen MR) is 152 cm³/mol. The molecule has 11 heteroatoms. The number of nitrogen functional groups attached to an aromatic ring is 1. The third-order valence-electron chi connectivity index (χ3n) is 6.39. The predicted octanol–water partition coefficient (Wildman–Crippen LogP) is 5.02. The summed E-state index contributed by atoms with van der Waals surface area (Å²) in [4.78, 5) is 32.5. The molecule has 0 amide bonds. The van der Waals surface area contributed by atoms with Gasteiger partial charge in [-0.2, -0.15) is 9.97 Å². The molecule has 0 fully saturated rings. The second-order valence-electron chi connectivity index (χ2n) is 8.89. The van der Waals surface area contributed by atoms with Gasteiger partial charge in [0, 0.05) is 36.6 Å². The molecule has 10 nitrogen and oxygen atoms in total. The van der Waals surface area contributed by atoms with Gasteiger partial charge in [-0.25, -0.2) is 9.97 Å². The fourth-order valence-corrected chi connectivity index (χ4v) is 4.90. The molecule has 0 atom stereocenters. The molecule has 0 unspecified atom stereocenters. The molecule has 0 bridgehead atoms. The minimum atomic E-state index is -0.0592. The standard InChI is InChI=1S/C28H27N7O3S/c1-3-23(36)18-5-4-11-35(12-9-18)26-20-8-10-31-27(38-25-17(2)6-7-22(30)21(25)13-29)24(20)33-28(34-26)37-14-19-15-39-16-32-19/h3,5-8,10,13,15-16,29H,1,4,9,11-12,14,30H2,2H3. The van der Waals surface area contributed by atoms with Crippen molar-refractivity contribution in [2.45, 2.75) is 26.4 Å². The first-order chi connectivity index (χ1) is 19.0. The van der Waals surface area contributed by atoms with E-state index in [2.05, 4.69) is 26.4 Å². The van der Waals surface area contributed by atoms with Gasteiger partial charge >= 0.3 is 6.01 Å². The van der Waals surface area contributed by atoms with Crippen molar-refractivity contribution >= 4 is 45.7 Å². The van der Waals surface area contributed by atoms with Crippen LogP contribution in [0.2, 0.25) is 0 Å². The van der Waals surface area contributed by atoms with Gasteiger partial charge in [-0.15, -0.1) is 11.3 Å². The van der Waals surface area contributed by atoms with Crippen molar-refractivity contribution in [2.75, 3.05) is 23.7 Å². The number of thiazole rings is 1. The smallest absolute Gasteiger partial charge is 0.319 e. The van der Waals surface area contributed by atoms with Crippen molar-refractivity contribution in [2.24, 2.45) is 0 Å². The summed E-state index contributed by atoms with van der Waals surface area (Å²) >= 11 is 1.48. The number of carbonyl (C=O) groups excluding carboxylic acids is 1. The fraction of sp³-hybridized carbons (Fsp3) is 0.214. The maximum absolute atomic E-state index is 12.2. The number of nitrogens with two attached hydrogens (primary N) is 1. The van der Waals surface area contributed by atoms with Crippen LogP contribution in [0.15, 0.2) is 59.6 Å². The summed E-state index contributed by atoms with van der Waals surface area (Å²) in [5.41, 5.74) is 11.5. The number of ether oxygens (including phenoxy) is 2. The molecule has 0 saturated carbocycles. The topological polar surface area (TPSA) is 140 Å². The molecule has 4 aromatic rings. The number of aromatic nitrogens is 4. The Morgan fingerprint density at radius 2 is 2.13 bits per heavy atom. The first kappa shape index (κ1) is 26.0. The van der Waals surface area contributed by atoms with Crippen molar-refractivity contribution in [1.29, 1.82) is 5.41 Å². The average Bonchev–Trinajstić information content (AvgIpc) is 3.36. The molecule has 4 heterocycles. The minimum Gasteiger partial charge on any atom is -0.457 e. The molecule has 1 aromatic carbocycles. The Kier molecular flexibility index (Phi) is 7.60. The largest absolute Gasteiger partial charge is 0.457 e. The summed E-state index contributed by atoms with van der Waals surface area (Å²) in [6, 6.07) is 5.56. The van der Waals surface area contributed by atoms with E-state index in [1.54, 1.807) is 17.8 Å². The van der Waals surface area contributed by atoms with Crippen molar-refractivity contribution < 1.29 is 14.3 Å². The molecule has 198 valence electrons. The Balaban J connectivity index is 1.58. The second-order valence-corrected chi connectivity index (χ2v) is 9.61. The van der Waals surface area contributed by atoms with Crippen molar-refractivity contribution in [3.05, 3.63) is 76.4 Å². The monoisotopic (exact) mass is 541 g/mol. The number of carbonyl (C=O) groups is 1. The zero-order valence-electron chi connectivity index (χ0n) is 21.4. The van der Waals surface area contributed by atoms with Crippen LogP contribution in [0.25, 0.3) is 10.9 Å². The number of hydrogen-bond acceptors (Lipinski definition) is 11. The van der Waals surface area contributed by atoms with E-state index in [-0.39, 0.29) is 24.3 Å². The average molecular weight is 542 g/mol. The van der Waals surface area contributed by atoms with Crippen LogP contribution in [0.1, 0.15) is 29.7 Å². The highest BCUT2D eigenvalue weighted by Gasteiger charge is 2.22.